The number of carbonyl (C=O) groups is 1. The molecule has 7 heteroatoms. The fourth-order valence-corrected chi connectivity index (χ4v) is 1.12. The Kier molecular flexibility index (Phi) is 3.65. The van der Waals surface area contributed by atoms with E-state index < -0.39 is 11.1 Å². The van der Waals surface area contributed by atoms with Crippen molar-refractivity contribution in [2.45, 2.75) is 6.61 Å². The lowest BCUT2D eigenvalue weighted by molar-refractivity contribution is -0.385. The Morgan fingerprint density at radius 2 is 2.25 bits per heavy atom. The highest BCUT2D eigenvalue weighted by molar-refractivity contribution is 5.57. The predicted molar refractivity (Wildman–Crippen MR) is 52.5 cm³/mol. The smallest absolute Gasteiger partial charge is 0.497 e. The lowest BCUT2D eigenvalue weighted by Gasteiger charge is -2.05. The Hall–Kier alpha value is -2.31. The molecule has 1 aromatic rings. The normalized spacial score (nSPS) is 9.56. The summed E-state index contributed by atoms with van der Waals surface area (Å²) in [7, 11) is 1.41. The number of nitrogens with zero attached hydrogens (tertiary/aromatic N) is 1. The first-order valence-corrected chi connectivity index (χ1v) is 4.21. The molecule has 1 rings (SSSR count). The maximum atomic E-state index is 10.6. The Balaban J connectivity index is 3.00. The second-order valence-electron chi connectivity index (χ2n) is 2.81. The zero-order valence-corrected chi connectivity index (χ0v) is 8.37. The molecule has 0 radical (unpaired) electrons. The van der Waals surface area contributed by atoms with E-state index in [1.807, 2.05) is 0 Å². The first-order valence-electron chi connectivity index (χ1n) is 4.21. The summed E-state index contributed by atoms with van der Waals surface area (Å²) in [5.41, 5.74) is -0.0613. The molecule has 86 valence electrons. The van der Waals surface area contributed by atoms with Crippen LogP contribution in [0.3, 0.4) is 0 Å². The van der Waals surface area contributed by atoms with Crippen LogP contribution in [0.5, 0.6) is 5.75 Å². The van der Waals surface area contributed by atoms with E-state index in [0.717, 1.165) is 0 Å². The van der Waals surface area contributed by atoms with Gasteiger partial charge in [0, 0.05) is 6.07 Å². The summed E-state index contributed by atoms with van der Waals surface area (Å²) in [6, 6.07) is 4.02. The maximum absolute atomic E-state index is 10.6. The van der Waals surface area contributed by atoms with Crippen molar-refractivity contribution in [3.05, 3.63) is 33.9 Å². The van der Waals surface area contributed by atoms with Gasteiger partial charge in [-0.2, -0.15) is 0 Å². The zero-order valence-electron chi connectivity index (χ0n) is 8.37. The molecule has 16 heavy (non-hydrogen) atoms. The third-order valence-electron chi connectivity index (χ3n) is 1.83. The van der Waals surface area contributed by atoms with Crippen molar-refractivity contribution >= 4 is 11.8 Å². The van der Waals surface area contributed by atoms with Crippen LogP contribution in [0.15, 0.2) is 18.2 Å². The number of hydrogen-bond donors (Lipinski definition) is 1. The lowest BCUT2D eigenvalue weighted by atomic mass is 10.2. The summed E-state index contributed by atoms with van der Waals surface area (Å²) < 4.78 is 9.15. The van der Waals surface area contributed by atoms with Crippen LogP contribution in [0.4, 0.5) is 10.5 Å². The van der Waals surface area contributed by atoms with E-state index in [2.05, 4.69) is 4.74 Å². The molecule has 0 spiro atoms. The van der Waals surface area contributed by atoms with Gasteiger partial charge in [0.2, 0.25) is 0 Å². The molecule has 0 saturated heterocycles. The molecule has 0 amide bonds. The number of nitro benzene ring substituents is 1. The SMILES string of the molecule is COc1ccc([N+](=O)[O-])c(COC(=O)O)c1. The number of rotatable bonds is 4. The highest BCUT2D eigenvalue weighted by atomic mass is 16.7. The monoisotopic (exact) mass is 227 g/mol. The molecule has 0 aliphatic carbocycles. The molecule has 1 N–H and O–H groups in total. The average Bonchev–Trinajstić information content (AvgIpc) is 2.25. The van der Waals surface area contributed by atoms with Crippen molar-refractivity contribution in [3.63, 3.8) is 0 Å². The van der Waals surface area contributed by atoms with E-state index in [-0.39, 0.29) is 17.9 Å². The highest BCUT2D eigenvalue weighted by Gasteiger charge is 2.15. The molecule has 0 unspecified atom stereocenters. The van der Waals surface area contributed by atoms with E-state index in [9.17, 15) is 14.9 Å². The number of ether oxygens (including phenoxy) is 2. The van der Waals surface area contributed by atoms with E-state index >= 15 is 0 Å². The van der Waals surface area contributed by atoms with Crippen molar-refractivity contribution in [1.82, 2.24) is 0 Å². The number of nitro groups is 1. The maximum Gasteiger partial charge on any atom is 0.506 e. The van der Waals surface area contributed by atoms with Gasteiger partial charge in [0.1, 0.15) is 12.4 Å². The second-order valence-corrected chi connectivity index (χ2v) is 2.81. The largest absolute Gasteiger partial charge is 0.506 e. The van der Waals surface area contributed by atoms with E-state index in [0.29, 0.717) is 5.75 Å². The minimum absolute atomic E-state index is 0.145. The molecular weight excluding hydrogens is 218 g/mol. The lowest BCUT2D eigenvalue weighted by Crippen LogP contribution is -2.03. The van der Waals surface area contributed by atoms with Crippen molar-refractivity contribution in [2.24, 2.45) is 0 Å². The fourth-order valence-electron chi connectivity index (χ4n) is 1.12. The number of hydrogen-bond acceptors (Lipinski definition) is 5. The first-order chi connectivity index (χ1) is 7.54. The van der Waals surface area contributed by atoms with Crippen LogP contribution in [0.1, 0.15) is 5.56 Å². The molecular formula is C9H9NO6. The van der Waals surface area contributed by atoms with Crippen LogP contribution < -0.4 is 4.74 Å². The topological polar surface area (TPSA) is 98.9 Å². The molecule has 0 atom stereocenters. The minimum Gasteiger partial charge on any atom is -0.497 e. The summed E-state index contributed by atoms with van der Waals surface area (Å²) >= 11 is 0. The summed E-state index contributed by atoms with van der Waals surface area (Å²) in [5, 5.41) is 18.9. The van der Waals surface area contributed by atoms with Crippen LogP contribution in [0, 0.1) is 10.1 Å². The number of carboxylic acid groups (broad SMARTS) is 1. The minimum atomic E-state index is -1.49. The van der Waals surface area contributed by atoms with Crippen molar-refractivity contribution < 1.29 is 24.3 Å². The summed E-state index contributed by atoms with van der Waals surface area (Å²) in [6.45, 7) is -0.386. The Morgan fingerprint density at radius 1 is 1.56 bits per heavy atom. The van der Waals surface area contributed by atoms with Gasteiger partial charge < -0.3 is 14.6 Å². The molecule has 0 aliphatic heterocycles. The zero-order chi connectivity index (χ0) is 12.1. The molecule has 0 fully saturated rings. The molecule has 7 nitrogen and oxygen atoms in total. The molecule has 0 saturated carbocycles. The van der Waals surface area contributed by atoms with Crippen LogP contribution >= 0.6 is 0 Å². The van der Waals surface area contributed by atoms with Gasteiger partial charge in [-0.25, -0.2) is 4.79 Å². The van der Waals surface area contributed by atoms with Gasteiger partial charge in [0.15, 0.2) is 0 Å². The van der Waals surface area contributed by atoms with Gasteiger partial charge >= 0.3 is 6.16 Å². The average molecular weight is 227 g/mol. The number of benzene rings is 1. The molecule has 1 aromatic carbocycles. The van der Waals surface area contributed by atoms with Crippen LogP contribution in [-0.4, -0.2) is 23.3 Å². The van der Waals surface area contributed by atoms with E-state index in [1.165, 1.54) is 25.3 Å². The summed E-state index contributed by atoms with van der Waals surface area (Å²) in [4.78, 5) is 20.2. The molecule has 0 bridgehead atoms. The third-order valence-corrected chi connectivity index (χ3v) is 1.83. The quantitative estimate of drug-likeness (QED) is 0.478. The Morgan fingerprint density at radius 3 is 2.75 bits per heavy atom. The third kappa shape index (κ3) is 2.84. The van der Waals surface area contributed by atoms with Crippen molar-refractivity contribution in [1.29, 1.82) is 0 Å². The molecule has 0 heterocycles. The molecule has 0 aromatic heterocycles. The summed E-state index contributed by atoms with van der Waals surface area (Å²) in [6.07, 6.45) is -1.49. The van der Waals surface area contributed by atoms with Crippen molar-refractivity contribution in [3.8, 4) is 5.75 Å². The Labute approximate surface area is 90.4 Å². The summed E-state index contributed by atoms with van der Waals surface area (Å²) in [5.74, 6) is 0.398. The highest BCUT2D eigenvalue weighted by Crippen LogP contribution is 2.24. The van der Waals surface area contributed by atoms with Gasteiger partial charge in [0.05, 0.1) is 17.6 Å². The molecule has 0 aliphatic rings. The van der Waals surface area contributed by atoms with Crippen LogP contribution in [0.25, 0.3) is 0 Å². The first kappa shape index (κ1) is 11.8. The predicted octanol–water partition coefficient (Wildman–Crippen LogP) is 1.80. The standard InChI is InChI=1S/C9H9NO6/c1-15-7-2-3-8(10(13)14)6(4-7)5-16-9(11)12/h2-4H,5H2,1H3,(H,11,12). The van der Waals surface area contributed by atoms with Crippen LogP contribution in [0.2, 0.25) is 0 Å². The number of methoxy groups -OCH3 is 1. The van der Waals surface area contributed by atoms with E-state index in [1.54, 1.807) is 0 Å². The van der Waals surface area contributed by atoms with Crippen LogP contribution in [-0.2, 0) is 11.3 Å². The fraction of sp³-hybridized carbons (Fsp3) is 0.222. The second kappa shape index (κ2) is 4.96. The van der Waals surface area contributed by atoms with Gasteiger partial charge in [-0.1, -0.05) is 0 Å². The van der Waals surface area contributed by atoms with Gasteiger partial charge in [-0.15, -0.1) is 0 Å². The Bertz CT molecular complexity index is 416. The van der Waals surface area contributed by atoms with E-state index in [4.69, 9.17) is 9.84 Å². The van der Waals surface area contributed by atoms with Crippen molar-refractivity contribution in [2.75, 3.05) is 7.11 Å². The van der Waals surface area contributed by atoms with Gasteiger partial charge in [-0.05, 0) is 12.1 Å². The van der Waals surface area contributed by atoms with Gasteiger partial charge in [0.25, 0.3) is 5.69 Å². The van der Waals surface area contributed by atoms with Gasteiger partial charge in [-0.3, -0.25) is 10.1 Å².